The molecule has 0 saturated carbocycles. The third kappa shape index (κ3) is 2.63. The van der Waals surface area contributed by atoms with Crippen LogP contribution >= 0.6 is 11.3 Å². The number of thiazole rings is 1. The molecule has 1 atom stereocenters. The van der Waals surface area contributed by atoms with Crippen LogP contribution < -0.4 is 5.56 Å². The number of aryl methyl sites for hydroxylation is 1. The maximum absolute atomic E-state index is 12.1. The first-order valence-electron chi connectivity index (χ1n) is 6.98. The van der Waals surface area contributed by atoms with Gasteiger partial charge in [0.15, 0.2) is 4.96 Å². The highest BCUT2D eigenvalue weighted by molar-refractivity contribution is 7.15. The molecule has 5 nitrogen and oxygen atoms in total. The number of hydrogen-bond donors (Lipinski definition) is 0. The lowest BCUT2D eigenvalue weighted by Gasteiger charge is -2.32. The molecule has 0 spiro atoms. The summed E-state index contributed by atoms with van der Waals surface area (Å²) in [7, 11) is 0. The highest BCUT2D eigenvalue weighted by atomic mass is 32.1. The van der Waals surface area contributed by atoms with Gasteiger partial charge >= 0.3 is 0 Å². The molecular formula is C14H19N3O2S. The second kappa shape index (κ2) is 5.63. The van der Waals surface area contributed by atoms with Crippen molar-refractivity contribution in [3.63, 3.8) is 0 Å². The van der Waals surface area contributed by atoms with Crippen LogP contribution in [0.1, 0.15) is 24.7 Å². The lowest BCUT2D eigenvalue weighted by atomic mass is 10.2. The van der Waals surface area contributed by atoms with Crippen molar-refractivity contribution < 1.29 is 4.74 Å². The van der Waals surface area contributed by atoms with Crippen LogP contribution in [0.3, 0.4) is 0 Å². The standard InChI is InChI=1S/C14H19N3O2S/c1-3-12-8-16(4-5-19-12)7-11-6-13(18)17-10(2)9-20-14(17)15-11/h6,9,12H,3-5,7-8H2,1-2H3/t12-/m0/s1. The number of rotatable bonds is 3. The van der Waals surface area contributed by atoms with Crippen molar-refractivity contribution in [2.75, 3.05) is 19.7 Å². The number of nitrogens with zero attached hydrogens (tertiary/aromatic N) is 3. The topological polar surface area (TPSA) is 46.8 Å². The van der Waals surface area contributed by atoms with E-state index >= 15 is 0 Å². The predicted octanol–water partition coefficient (Wildman–Crippen LogP) is 1.68. The zero-order valence-corrected chi connectivity index (χ0v) is 12.7. The van der Waals surface area contributed by atoms with Crippen molar-refractivity contribution in [2.45, 2.75) is 32.9 Å². The molecule has 3 rings (SSSR count). The van der Waals surface area contributed by atoms with Crippen molar-refractivity contribution in [3.8, 4) is 0 Å². The molecule has 6 heteroatoms. The number of morpholine rings is 1. The predicted molar refractivity (Wildman–Crippen MR) is 79.4 cm³/mol. The van der Waals surface area contributed by atoms with E-state index in [0.717, 1.165) is 49.0 Å². The molecule has 0 N–H and O–H groups in total. The second-order valence-electron chi connectivity index (χ2n) is 5.22. The zero-order valence-electron chi connectivity index (χ0n) is 11.8. The second-order valence-corrected chi connectivity index (χ2v) is 6.05. The van der Waals surface area contributed by atoms with Gasteiger partial charge in [-0.15, -0.1) is 11.3 Å². The maximum Gasteiger partial charge on any atom is 0.259 e. The van der Waals surface area contributed by atoms with E-state index in [0.29, 0.717) is 6.10 Å². The Morgan fingerprint density at radius 1 is 1.55 bits per heavy atom. The number of aromatic nitrogens is 2. The Kier molecular flexibility index (Phi) is 3.87. The average Bonchev–Trinajstić information content (AvgIpc) is 2.81. The summed E-state index contributed by atoms with van der Waals surface area (Å²) >= 11 is 1.52. The molecule has 2 aromatic rings. The minimum Gasteiger partial charge on any atom is -0.376 e. The van der Waals surface area contributed by atoms with Gasteiger partial charge in [0.05, 0.1) is 18.4 Å². The normalized spacial score (nSPS) is 20.6. The Morgan fingerprint density at radius 3 is 3.20 bits per heavy atom. The Balaban J connectivity index is 1.82. The van der Waals surface area contributed by atoms with Gasteiger partial charge in [0.2, 0.25) is 0 Å². The van der Waals surface area contributed by atoms with Gasteiger partial charge in [-0.25, -0.2) is 4.98 Å². The molecule has 1 saturated heterocycles. The third-order valence-corrected chi connectivity index (χ3v) is 4.64. The van der Waals surface area contributed by atoms with Crippen LogP contribution in [0.15, 0.2) is 16.2 Å². The quantitative estimate of drug-likeness (QED) is 0.864. The van der Waals surface area contributed by atoms with Gasteiger partial charge in [-0.2, -0.15) is 0 Å². The van der Waals surface area contributed by atoms with Gasteiger partial charge in [-0.1, -0.05) is 6.92 Å². The highest BCUT2D eigenvalue weighted by Crippen LogP contribution is 2.14. The first-order chi connectivity index (χ1) is 9.67. The van der Waals surface area contributed by atoms with E-state index in [2.05, 4.69) is 16.8 Å². The summed E-state index contributed by atoms with van der Waals surface area (Å²) in [5, 5.41) is 1.97. The van der Waals surface area contributed by atoms with Crippen molar-refractivity contribution >= 4 is 16.3 Å². The first-order valence-corrected chi connectivity index (χ1v) is 7.86. The maximum atomic E-state index is 12.1. The number of hydrogen-bond acceptors (Lipinski definition) is 5. The molecule has 0 aromatic carbocycles. The molecule has 0 bridgehead atoms. The molecular weight excluding hydrogens is 274 g/mol. The molecule has 20 heavy (non-hydrogen) atoms. The molecule has 0 unspecified atom stereocenters. The van der Waals surface area contributed by atoms with Crippen molar-refractivity contribution in [2.24, 2.45) is 0 Å². The molecule has 1 aliphatic rings. The molecule has 3 heterocycles. The van der Waals surface area contributed by atoms with Gasteiger partial charge in [-0.3, -0.25) is 14.1 Å². The highest BCUT2D eigenvalue weighted by Gasteiger charge is 2.19. The fourth-order valence-corrected chi connectivity index (χ4v) is 3.47. The van der Waals surface area contributed by atoms with Crippen molar-refractivity contribution in [1.82, 2.24) is 14.3 Å². The van der Waals surface area contributed by atoms with E-state index < -0.39 is 0 Å². The van der Waals surface area contributed by atoms with Gasteiger partial charge in [0, 0.05) is 36.8 Å². The van der Waals surface area contributed by atoms with Crippen molar-refractivity contribution in [1.29, 1.82) is 0 Å². The van der Waals surface area contributed by atoms with Gasteiger partial charge < -0.3 is 4.74 Å². The van der Waals surface area contributed by atoms with Crippen LogP contribution in [0.2, 0.25) is 0 Å². The van der Waals surface area contributed by atoms with Gasteiger partial charge in [0.1, 0.15) is 0 Å². The third-order valence-electron chi connectivity index (χ3n) is 3.69. The summed E-state index contributed by atoms with van der Waals surface area (Å²) in [5.74, 6) is 0. The first kappa shape index (κ1) is 13.7. The summed E-state index contributed by atoms with van der Waals surface area (Å²) < 4.78 is 7.34. The van der Waals surface area contributed by atoms with E-state index in [1.54, 1.807) is 10.5 Å². The van der Waals surface area contributed by atoms with Crippen LogP contribution in [-0.4, -0.2) is 40.1 Å². The van der Waals surface area contributed by atoms with E-state index in [4.69, 9.17) is 4.74 Å². The minimum absolute atomic E-state index is 0.0176. The number of fused-ring (bicyclic) bond motifs is 1. The molecule has 0 amide bonds. The largest absolute Gasteiger partial charge is 0.376 e. The minimum atomic E-state index is 0.0176. The van der Waals surface area contributed by atoms with E-state index in [-0.39, 0.29) is 5.56 Å². The van der Waals surface area contributed by atoms with Crippen LogP contribution in [0.25, 0.3) is 4.96 Å². The van der Waals surface area contributed by atoms with E-state index in [1.165, 1.54) is 11.3 Å². The smallest absolute Gasteiger partial charge is 0.259 e. The summed E-state index contributed by atoms with van der Waals surface area (Å²) in [5.41, 5.74) is 1.82. The SMILES string of the molecule is CC[C@H]1CN(Cc2cc(=O)n3c(C)csc3n2)CCO1. The van der Waals surface area contributed by atoms with Crippen LogP contribution in [0.5, 0.6) is 0 Å². The molecule has 1 aliphatic heterocycles. The fourth-order valence-electron chi connectivity index (χ4n) is 2.58. The monoisotopic (exact) mass is 293 g/mol. The van der Waals surface area contributed by atoms with Crippen LogP contribution in [-0.2, 0) is 11.3 Å². The van der Waals surface area contributed by atoms with E-state index in [9.17, 15) is 4.79 Å². The fraction of sp³-hybridized carbons (Fsp3) is 0.571. The zero-order chi connectivity index (χ0) is 14.1. The Hall–Kier alpha value is -1.24. The molecule has 1 fully saturated rings. The van der Waals surface area contributed by atoms with Crippen molar-refractivity contribution in [3.05, 3.63) is 33.2 Å². The molecule has 0 radical (unpaired) electrons. The molecule has 0 aliphatic carbocycles. The van der Waals surface area contributed by atoms with Crippen LogP contribution in [0.4, 0.5) is 0 Å². The number of ether oxygens (including phenoxy) is 1. The van der Waals surface area contributed by atoms with Gasteiger partial charge in [0.25, 0.3) is 5.56 Å². The lowest BCUT2D eigenvalue weighted by Crippen LogP contribution is -2.41. The van der Waals surface area contributed by atoms with Gasteiger partial charge in [-0.05, 0) is 13.3 Å². The Morgan fingerprint density at radius 2 is 2.40 bits per heavy atom. The summed E-state index contributed by atoms with van der Waals surface area (Å²) in [6, 6.07) is 1.66. The summed E-state index contributed by atoms with van der Waals surface area (Å²) in [6.45, 7) is 7.38. The Bertz CT molecular complexity index is 664. The van der Waals surface area contributed by atoms with Crippen LogP contribution in [0, 0.1) is 6.92 Å². The molecule has 2 aromatic heterocycles. The average molecular weight is 293 g/mol. The summed E-state index contributed by atoms with van der Waals surface area (Å²) in [4.78, 5) is 19.8. The molecule has 108 valence electrons. The Labute approximate surface area is 121 Å². The summed E-state index contributed by atoms with van der Waals surface area (Å²) in [6.07, 6.45) is 1.33. The lowest BCUT2D eigenvalue weighted by molar-refractivity contribution is -0.0328. The van der Waals surface area contributed by atoms with E-state index in [1.807, 2.05) is 12.3 Å².